The van der Waals surface area contributed by atoms with Gasteiger partial charge in [-0.05, 0) is 30.2 Å². The van der Waals surface area contributed by atoms with Crippen LogP contribution in [0.2, 0.25) is 5.02 Å². The van der Waals surface area contributed by atoms with Gasteiger partial charge in [-0.25, -0.2) is 0 Å². The number of pyridine rings is 2. The molecule has 0 aliphatic carbocycles. The van der Waals surface area contributed by atoms with Crippen molar-refractivity contribution in [3.05, 3.63) is 59.1 Å². The van der Waals surface area contributed by atoms with E-state index in [9.17, 15) is 4.79 Å². The molecule has 92 valence electrons. The normalized spacial score (nSPS) is 10.1. The Labute approximate surface area is 110 Å². The van der Waals surface area contributed by atoms with E-state index in [1.165, 1.54) is 6.20 Å². The van der Waals surface area contributed by atoms with Crippen molar-refractivity contribution in [3.8, 4) is 0 Å². The molecule has 2 heterocycles. The molecule has 1 amide bonds. The van der Waals surface area contributed by atoms with Gasteiger partial charge in [0, 0.05) is 31.3 Å². The summed E-state index contributed by atoms with van der Waals surface area (Å²) in [5, 5.41) is 3.18. The molecule has 2 aromatic heterocycles. The predicted molar refractivity (Wildman–Crippen MR) is 69.5 cm³/mol. The van der Waals surface area contributed by atoms with Crippen LogP contribution in [0.5, 0.6) is 0 Å². The molecular formula is C13H12ClN3O. The first-order chi connectivity index (χ1) is 8.77. The van der Waals surface area contributed by atoms with Crippen molar-refractivity contribution < 1.29 is 4.79 Å². The van der Waals surface area contributed by atoms with Crippen LogP contribution in [-0.2, 0) is 6.42 Å². The monoisotopic (exact) mass is 261 g/mol. The Morgan fingerprint density at radius 1 is 1.17 bits per heavy atom. The third-order valence-corrected chi connectivity index (χ3v) is 2.77. The SMILES string of the molecule is O=C(NCCc1ccncc1)c1ccncc1Cl. The topological polar surface area (TPSA) is 54.9 Å². The molecule has 0 aromatic carbocycles. The maximum absolute atomic E-state index is 11.8. The first-order valence-electron chi connectivity index (χ1n) is 5.54. The summed E-state index contributed by atoms with van der Waals surface area (Å²) in [4.78, 5) is 19.6. The van der Waals surface area contributed by atoms with Crippen molar-refractivity contribution in [1.29, 1.82) is 0 Å². The van der Waals surface area contributed by atoms with Crippen LogP contribution in [0.3, 0.4) is 0 Å². The maximum atomic E-state index is 11.8. The minimum atomic E-state index is -0.184. The molecule has 0 aliphatic heterocycles. The van der Waals surface area contributed by atoms with Crippen molar-refractivity contribution >= 4 is 17.5 Å². The molecule has 0 bridgehead atoms. The van der Waals surface area contributed by atoms with Gasteiger partial charge in [-0.15, -0.1) is 0 Å². The number of rotatable bonds is 4. The lowest BCUT2D eigenvalue weighted by atomic mass is 10.2. The maximum Gasteiger partial charge on any atom is 0.252 e. The summed E-state index contributed by atoms with van der Waals surface area (Å²) >= 11 is 5.88. The number of aromatic nitrogens is 2. The summed E-state index contributed by atoms with van der Waals surface area (Å²) < 4.78 is 0. The van der Waals surface area contributed by atoms with Crippen molar-refractivity contribution in [1.82, 2.24) is 15.3 Å². The fourth-order valence-electron chi connectivity index (χ4n) is 1.52. The molecule has 0 saturated carbocycles. The molecule has 4 nitrogen and oxygen atoms in total. The molecule has 1 N–H and O–H groups in total. The molecule has 5 heteroatoms. The average molecular weight is 262 g/mol. The van der Waals surface area contributed by atoms with Gasteiger partial charge in [-0.2, -0.15) is 0 Å². The van der Waals surface area contributed by atoms with Crippen LogP contribution in [0.25, 0.3) is 0 Å². The van der Waals surface area contributed by atoms with Crippen LogP contribution >= 0.6 is 11.6 Å². The predicted octanol–water partition coefficient (Wildman–Crippen LogP) is 2.10. The van der Waals surface area contributed by atoms with Crippen LogP contribution in [0.4, 0.5) is 0 Å². The first kappa shape index (κ1) is 12.5. The van der Waals surface area contributed by atoms with Gasteiger partial charge in [0.25, 0.3) is 5.91 Å². The highest BCUT2D eigenvalue weighted by Gasteiger charge is 2.08. The summed E-state index contributed by atoms with van der Waals surface area (Å²) in [6, 6.07) is 5.45. The highest BCUT2D eigenvalue weighted by Crippen LogP contribution is 2.12. The second-order valence-electron chi connectivity index (χ2n) is 3.72. The lowest BCUT2D eigenvalue weighted by molar-refractivity contribution is 0.0954. The third-order valence-electron chi connectivity index (χ3n) is 2.47. The highest BCUT2D eigenvalue weighted by atomic mass is 35.5. The van der Waals surface area contributed by atoms with Crippen LogP contribution < -0.4 is 5.32 Å². The molecule has 0 unspecified atom stereocenters. The smallest absolute Gasteiger partial charge is 0.252 e. The molecule has 0 atom stereocenters. The van der Waals surface area contributed by atoms with Gasteiger partial charge >= 0.3 is 0 Å². The Morgan fingerprint density at radius 3 is 2.61 bits per heavy atom. The zero-order valence-electron chi connectivity index (χ0n) is 9.64. The molecule has 0 fully saturated rings. The number of carbonyl (C=O) groups is 1. The Hall–Kier alpha value is -1.94. The van der Waals surface area contributed by atoms with Crippen LogP contribution in [-0.4, -0.2) is 22.4 Å². The van der Waals surface area contributed by atoms with E-state index >= 15 is 0 Å². The van der Waals surface area contributed by atoms with Gasteiger partial charge in [0.05, 0.1) is 10.6 Å². The summed E-state index contributed by atoms with van der Waals surface area (Å²) in [6.07, 6.45) is 7.23. The molecular weight excluding hydrogens is 250 g/mol. The molecule has 0 aliphatic rings. The molecule has 0 saturated heterocycles. The molecule has 2 aromatic rings. The second kappa shape index (κ2) is 6.12. The third kappa shape index (κ3) is 3.28. The second-order valence-corrected chi connectivity index (χ2v) is 4.12. The van der Waals surface area contributed by atoms with Crippen LogP contribution in [0, 0.1) is 0 Å². The summed E-state index contributed by atoms with van der Waals surface area (Å²) in [6.45, 7) is 0.557. The number of nitrogens with one attached hydrogen (secondary N) is 1. The first-order valence-corrected chi connectivity index (χ1v) is 5.92. The van der Waals surface area contributed by atoms with Crippen LogP contribution in [0.1, 0.15) is 15.9 Å². The summed E-state index contributed by atoms with van der Waals surface area (Å²) in [5.41, 5.74) is 1.58. The van der Waals surface area contributed by atoms with E-state index in [2.05, 4.69) is 15.3 Å². The van der Waals surface area contributed by atoms with Gasteiger partial charge in [-0.1, -0.05) is 11.6 Å². The van der Waals surface area contributed by atoms with E-state index in [1.807, 2.05) is 12.1 Å². The van der Waals surface area contributed by atoms with E-state index in [1.54, 1.807) is 24.7 Å². The number of halogens is 1. The fraction of sp³-hybridized carbons (Fsp3) is 0.154. The standard InChI is InChI=1S/C13H12ClN3O/c14-12-9-16-7-4-11(12)13(18)17-8-3-10-1-5-15-6-2-10/h1-2,4-7,9H,3,8H2,(H,17,18). The van der Waals surface area contributed by atoms with Crippen molar-refractivity contribution in [3.63, 3.8) is 0 Å². The summed E-state index contributed by atoms with van der Waals surface area (Å²) in [7, 11) is 0. The summed E-state index contributed by atoms with van der Waals surface area (Å²) in [5.74, 6) is -0.184. The molecule has 0 spiro atoms. The zero-order valence-corrected chi connectivity index (χ0v) is 10.4. The zero-order chi connectivity index (χ0) is 12.8. The van der Waals surface area contributed by atoms with Gasteiger partial charge in [0.2, 0.25) is 0 Å². The van der Waals surface area contributed by atoms with Crippen molar-refractivity contribution in [2.24, 2.45) is 0 Å². The highest BCUT2D eigenvalue weighted by molar-refractivity contribution is 6.33. The number of carbonyl (C=O) groups excluding carboxylic acids is 1. The Balaban J connectivity index is 1.88. The minimum Gasteiger partial charge on any atom is -0.352 e. The molecule has 2 rings (SSSR count). The molecule has 0 radical (unpaired) electrons. The van der Waals surface area contributed by atoms with E-state index in [4.69, 9.17) is 11.6 Å². The van der Waals surface area contributed by atoms with Gasteiger partial charge in [0.15, 0.2) is 0 Å². The van der Waals surface area contributed by atoms with E-state index in [0.29, 0.717) is 17.1 Å². The quantitative estimate of drug-likeness (QED) is 0.917. The van der Waals surface area contributed by atoms with E-state index in [-0.39, 0.29) is 5.91 Å². The Bertz CT molecular complexity index is 531. The fourth-order valence-corrected chi connectivity index (χ4v) is 1.73. The van der Waals surface area contributed by atoms with Crippen molar-refractivity contribution in [2.75, 3.05) is 6.54 Å². The van der Waals surface area contributed by atoms with Crippen LogP contribution in [0.15, 0.2) is 43.0 Å². The van der Waals surface area contributed by atoms with Crippen molar-refractivity contribution in [2.45, 2.75) is 6.42 Å². The lowest BCUT2D eigenvalue weighted by Crippen LogP contribution is -2.26. The number of nitrogens with zero attached hydrogens (tertiary/aromatic N) is 2. The van der Waals surface area contributed by atoms with Gasteiger partial charge in [-0.3, -0.25) is 14.8 Å². The Morgan fingerprint density at radius 2 is 1.89 bits per heavy atom. The van der Waals surface area contributed by atoms with Gasteiger partial charge in [0.1, 0.15) is 0 Å². The number of hydrogen-bond acceptors (Lipinski definition) is 3. The number of hydrogen-bond donors (Lipinski definition) is 1. The van der Waals surface area contributed by atoms with E-state index < -0.39 is 0 Å². The Kier molecular flexibility index (Phi) is 4.25. The number of amides is 1. The lowest BCUT2D eigenvalue weighted by Gasteiger charge is -2.06. The van der Waals surface area contributed by atoms with E-state index in [0.717, 1.165) is 12.0 Å². The van der Waals surface area contributed by atoms with Gasteiger partial charge < -0.3 is 5.32 Å². The minimum absolute atomic E-state index is 0.184. The molecule has 18 heavy (non-hydrogen) atoms. The average Bonchev–Trinajstić information content (AvgIpc) is 2.40. The largest absolute Gasteiger partial charge is 0.352 e.